The number of carboxylic acid groups (broad SMARTS) is 1. The van der Waals surface area contributed by atoms with Gasteiger partial charge in [0.25, 0.3) is 0 Å². The number of ether oxygens (including phenoxy) is 1. The van der Waals surface area contributed by atoms with Gasteiger partial charge in [-0.25, -0.2) is 0 Å². The van der Waals surface area contributed by atoms with Gasteiger partial charge in [-0.3, -0.25) is 9.59 Å². The van der Waals surface area contributed by atoms with Crippen molar-refractivity contribution in [3.8, 4) is 0 Å². The Labute approximate surface area is 284 Å². The summed E-state index contributed by atoms with van der Waals surface area (Å²) >= 11 is 0. The molecule has 0 radical (unpaired) electrons. The molecule has 0 aromatic carbocycles. The summed E-state index contributed by atoms with van der Waals surface area (Å²) in [6, 6.07) is 0. The van der Waals surface area contributed by atoms with Crippen LogP contribution < -0.4 is 0 Å². The van der Waals surface area contributed by atoms with Crippen molar-refractivity contribution in [1.82, 2.24) is 0 Å². The molecule has 2 atom stereocenters. The first-order valence-corrected chi connectivity index (χ1v) is 19.7. The molecular weight excluding hydrogens is 580 g/mol. The lowest BCUT2D eigenvalue weighted by atomic mass is 10.0. The molecule has 0 spiro atoms. The van der Waals surface area contributed by atoms with E-state index < -0.39 is 12.1 Å². The molecule has 276 valence electrons. The summed E-state index contributed by atoms with van der Waals surface area (Å²) in [5.74, 6) is -0.953. The number of hydrogen-bond donors (Lipinski definition) is 4. The Hall–Kier alpha value is -1.18. The summed E-state index contributed by atoms with van der Waals surface area (Å²) < 4.78 is 4.86. The van der Waals surface area contributed by atoms with E-state index in [2.05, 4.69) is 13.8 Å². The lowest BCUT2D eigenvalue weighted by Crippen LogP contribution is -2.21. The van der Waals surface area contributed by atoms with Gasteiger partial charge >= 0.3 is 11.9 Å². The molecule has 0 aromatic heterocycles. The quantitative estimate of drug-likeness (QED) is 0.0394. The van der Waals surface area contributed by atoms with Gasteiger partial charge in [0.2, 0.25) is 0 Å². The Kier molecular flexibility index (Phi) is 40.8. The molecule has 0 amide bonds. The van der Waals surface area contributed by atoms with Crippen LogP contribution in [0.1, 0.15) is 213 Å². The lowest BCUT2D eigenvalue weighted by molar-refractivity contribution is -0.147. The molecule has 0 saturated carbocycles. The van der Waals surface area contributed by atoms with Crippen molar-refractivity contribution >= 4 is 11.9 Å². The third kappa shape index (κ3) is 42.8. The van der Waals surface area contributed by atoms with Crippen LogP contribution >= 0.6 is 0 Å². The zero-order valence-corrected chi connectivity index (χ0v) is 30.5. The van der Waals surface area contributed by atoms with Crippen LogP contribution in [0.5, 0.6) is 0 Å². The van der Waals surface area contributed by atoms with Crippen molar-refractivity contribution in [3.63, 3.8) is 0 Å². The molecule has 4 N–H and O–H groups in total. The fourth-order valence-corrected chi connectivity index (χ4v) is 5.62. The van der Waals surface area contributed by atoms with Gasteiger partial charge in [0.15, 0.2) is 0 Å². The molecule has 0 aromatic rings. The van der Waals surface area contributed by atoms with Crippen LogP contribution in [-0.4, -0.2) is 57.8 Å². The van der Waals surface area contributed by atoms with Crippen molar-refractivity contribution in [1.29, 1.82) is 0 Å². The van der Waals surface area contributed by atoms with E-state index in [-0.39, 0.29) is 25.3 Å². The van der Waals surface area contributed by atoms with Gasteiger partial charge in [0.05, 0.1) is 12.7 Å². The summed E-state index contributed by atoms with van der Waals surface area (Å²) in [5, 5.41) is 36.1. The van der Waals surface area contributed by atoms with Crippen molar-refractivity contribution in [3.05, 3.63) is 0 Å². The summed E-state index contributed by atoms with van der Waals surface area (Å²) in [4.78, 5) is 21.7. The van der Waals surface area contributed by atoms with E-state index in [9.17, 15) is 14.7 Å². The molecular formula is C39H78O7. The van der Waals surface area contributed by atoms with E-state index in [1.165, 1.54) is 135 Å². The third-order valence-corrected chi connectivity index (χ3v) is 8.70. The lowest BCUT2D eigenvalue weighted by Gasteiger charge is -2.10. The summed E-state index contributed by atoms with van der Waals surface area (Å²) in [6.45, 7) is 4.00. The average Bonchev–Trinajstić information content (AvgIpc) is 3.04. The van der Waals surface area contributed by atoms with E-state index >= 15 is 0 Å². The Morgan fingerprint density at radius 3 is 1.17 bits per heavy atom. The van der Waals surface area contributed by atoms with Gasteiger partial charge in [-0.15, -0.1) is 0 Å². The topological polar surface area (TPSA) is 124 Å². The van der Waals surface area contributed by atoms with Gasteiger partial charge in [0, 0.05) is 12.8 Å². The van der Waals surface area contributed by atoms with E-state index in [4.69, 9.17) is 20.1 Å². The SMILES string of the molecule is CCCCCCC(O)CCCCCCCCCCC(=O)O.CCCCCCCCCCCCCCCCCC(=O)OCC(O)CO. The Bertz CT molecular complexity index is 613. The standard InChI is InChI=1S/C21H42O4.C18H36O3/c1-2-3-4-5-6-7-8-9-10-11-12-13-14-15-16-17-21(24)25-19-20(23)18-22;1-2-3-4-11-14-17(19)15-12-9-7-5-6-8-10-13-16-18(20)21/h20,22-23H,2-19H2,1H3;17,19H,2-16H2,1H3,(H,20,21). The van der Waals surface area contributed by atoms with Crippen LogP contribution in [0.25, 0.3) is 0 Å². The van der Waals surface area contributed by atoms with E-state index in [0.29, 0.717) is 12.8 Å². The van der Waals surface area contributed by atoms with E-state index in [1.54, 1.807) is 0 Å². The minimum atomic E-state index is -0.954. The monoisotopic (exact) mass is 659 g/mol. The minimum absolute atomic E-state index is 0.0853. The molecule has 0 saturated heterocycles. The van der Waals surface area contributed by atoms with Crippen LogP contribution in [0.4, 0.5) is 0 Å². The fraction of sp³-hybridized carbons (Fsp3) is 0.949. The highest BCUT2D eigenvalue weighted by Gasteiger charge is 2.07. The van der Waals surface area contributed by atoms with Gasteiger partial charge in [-0.2, -0.15) is 0 Å². The van der Waals surface area contributed by atoms with E-state index in [0.717, 1.165) is 51.4 Å². The van der Waals surface area contributed by atoms with Crippen LogP contribution in [0.2, 0.25) is 0 Å². The maximum Gasteiger partial charge on any atom is 0.305 e. The first kappa shape index (κ1) is 46.9. The van der Waals surface area contributed by atoms with Gasteiger partial charge in [0.1, 0.15) is 12.7 Å². The van der Waals surface area contributed by atoms with Crippen LogP contribution in [-0.2, 0) is 14.3 Å². The number of rotatable bonds is 35. The fourth-order valence-electron chi connectivity index (χ4n) is 5.62. The Balaban J connectivity index is 0. The smallest absolute Gasteiger partial charge is 0.305 e. The number of aliphatic hydroxyl groups excluding tert-OH is 3. The molecule has 0 bridgehead atoms. The molecule has 0 heterocycles. The number of unbranched alkanes of at least 4 members (excludes halogenated alkanes) is 24. The second-order valence-corrected chi connectivity index (χ2v) is 13.5. The highest BCUT2D eigenvalue weighted by molar-refractivity contribution is 5.69. The normalized spacial score (nSPS) is 12.4. The van der Waals surface area contributed by atoms with Gasteiger partial charge in [-0.1, -0.05) is 174 Å². The summed E-state index contributed by atoms with van der Waals surface area (Å²) in [7, 11) is 0. The molecule has 0 aliphatic carbocycles. The van der Waals surface area contributed by atoms with Crippen molar-refractivity contribution in [2.24, 2.45) is 0 Å². The maximum absolute atomic E-state index is 11.4. The van der Waals surface area contributed by atoms with Crippen LogP contribution in [0, 0.1) is 0 Å². The molecule has 0 rings (SSSR count). The zero-order valence-electron chi connectivity index (χ0n) is 30.5. The van der Waals surface area contributed by atoms with Crippen LogP contribution in [0.3, 0.4) is 0 Å². The zero-order chi connectivity index (χ0) is 34.4. The minimum Gasteiger partial charge on any atom is -0.481 e. The first-order chi connectivity index (χ1) is 22.4. The maximum atomic E-state index is 11.4. The van der Waals surface area contributed by atoms with Crippen LogP contribution in [0.15, 0.2) is 0 Å². The largest absolute Gasteiger partial charge is 0.481 e. The highest BCUT2D eigenvalue weighted by atomic mass is 16.5. The molecule has 0 aliphatic heterocycles. The van der Waals surface area contributed by atoms with Gasteiger partial charge < -0.3 is 25.2 Å². The van der Waals surface area contributed by atoms with Gasteiger partial charge in [-0.05, 0) is 25.7 Å². The second kappa shape index (κ2) is 40.0. The molecule has 0 aliphatic rings. The molecule has 46 heavy (non-hydrogen) atoms. The van der Waals surface area contributed by atoms with Crippen molar-refractivity contribution in [2.45, 2.75) is 225 Å². The number of hydrogen-bond acceptors (Lipinski definition) is 6. The highest BCUT2D eigenvalue weighted by Crippen LogP contribution is 2.15. The second-order valence-electron chi connectivity index (χ2n) is 13.5. The van der Waals surface area contributed by atoms with Crippen molar-refractivity contribution in [2.75, 3.05) is 13.2 Å². The molecule has 7 nitrogen and oxygen atoms in total. The molecule has 2 unspecified atom stereocenters. The molecule has 7 heteroatoms. The summed E-state index contributed by atoms with van der Waals surface area (Å²) in [6.07, 6.45) is 35.3. The predicted octanol–water partition coefficient (Wildman–Crippen LogP) is 10.4. The number of carbonyl (C=O) groups is 2. The average molecular weight is 659 g/mol. The molecule has 0 fully saturated rings. The summed E-state index contributed by atoms with van der Waals surface area (Å²) in [5.41, 5.74) is 0. The number of aliphatic hydroxyl groups is 3. The number of aliphatic carboxylic acids is 1. The number of carboxylic acids is 1. The predicted molar refractivity (Wildman–Crippen MR) is 192 cm³/mol. The third-order valence-electron chi connectivity index (χ3n) is 8.70. The van der Waals surface area contributed by atoms with E-state index in [1.807, 2.05) is 0 Å². The Morgan fingerprint density at radius 1 is 0.478 bits per heavy atom. The number of carbonyl (C=O) groups excluding carboxylic acids is 1. The Morgan fingerprint density at radius 2 is 0.804 bits per heavy atom. The van der Waals surface area contributed by atoms with Crippen molar-refractivity contribution < 1.29 is 34.8 Å². The first-order valence-electron chi connectivity index (χ1n) is 19.7. The number of esters is 1.